The summed E-state index contributed by atoms with van der Waals surface area (Å²) in [5.74, 6) is 0.822. The molecule has 94 valence electrons. The van der Waals surface area contributed by atoms with E-state index in [4.69, 9.17) is 4.74 Å². The molecule has 5 nitrogen and oxygen atoms in total. The molecule has 3 amide bonds. The van der Waals surface area contributed by atoms with Gasteiger partial charge in [-0.2, -0.15) is 0 Å². The van der Waals surface area contributed by atoms with Gasteiger partial charge in [0.2, 0.25) is 5.91 Å². The van der Waals surface area contributed by atoms with E-state index >= 15 is 0 Å². The molecular formula is C10H20N2O3S. The molecule has 1 fully saturated rings. The first kappa shape index (κ1) is 13.3. The van der Waals surface area contributed by atoms with E-state index in [2.05, 4.69) is 24.1 Å². The number of hydrogen-bond donors (Lipinski definition) is 1. The molecule has 1 saturated heterocycles. The monoisotopic (exact) mass is 248 g/mol. The van der Waals surface area contributed by atoms with Crippen LogP contribution in [0.5, 0.6) is 0 Å². The summed E-state index contributed by atoms with van der Waals surface area (Å²) in [7, 11) is -0.583. The van der Waals surface area contributed by atoms with Gasteiger partial charge in [0.05, 0.1) is 6.61 Å². The highest BCUT2D eigenvalue weighted by Crippen LogP contribution is 2.33. The number of carbonyl (C=O) groups is 2. The number of rotatable bonds is 5. The minimum atomic E-state index is -0.583. The maximum atomic E-state index is 11.4. The lowest BCUT2D eigenvalue weighted by Gasteiger charge is -2.27. The molecule has 6 heteroatoms. The van der Waals surface area contributed by atoms with Crippen molar-refractivity contribution in [3.63, 3.8) is 0 Å². The van der Waals surface area contributed by atoms with Crippen molar-refractivity contribution in [1.82, 2.24) is 10.2 Å². The van der Waals surface area contributed by atoms with Crippen LogP contribution in [0.2, 0.25) is 0 Å². The van der Waals surface area contributed by atoms with Gasteiger partial charge in [-0.15, -0.1) is 0 Å². The minimum absolute atomic E-state index is 0.0696. The van der Waals surface area contributed by atoms with Crippen molar-refractivity contribution < 1.29 is 14.3 Å². The molecule has 0 aromatic rings. The first-order valence-corrected chi connectivity index (χ1v) is 8.25. The van der Waals surface area contributed by atoms with Gasteiger partial charge < -0.3 is 10.1 Å². The molecule has 16 heavy (non-hydrogen) atoms. The quantitative estimate of drug-likeness (QED) is 0.725. The highest BCUT2D eigenvalue weighted by Gasteiger charge is 2.25. The average molecular weight is 248 g/mol. The lowest BCUT2D eigenvalue weighted by Crippen LogP contribution is -2.50. The molecule has 0 unspecified atom stereocenters. The summed E-state index contributed by atoms with van der Waals surface area (Å²) in [5.41, 5.74) is 0. The number of nitrogens with one attached hydrogen (secondary N) is 1. The summed E-state index contributed by atoms with van der Waals surface area (Å²) in [6.45, 7) is 1.09. The normalized spacial score (nSPS) is 18.6. The minimum Gasteiger partial charge on any atom is -0.360 e. The summed E-state index contributed by atoms with van der Waals surface area (Å²) < 4.78 is 5.36. The molecule has 1 heterocycles. The fourth-order valence-electron chi connectivity index (χ4n) is 1.22. The van der Waals surface area contributed by atoms with E-state index in [0.717, 1.165) is 10.7 Å². The number of ether oxygens (including phenoxy) is 1. The van der Waals surface area contributed by atoms with Crippen LogP contribution >= 0.6 is 10.0 Å². The molecule has 0 spiro atoms. The molecule has 1 aliphatic rings. The lowest BCUT2D eigenvalue weighted by atomic mass is 10.3. The van der Waals surface area contributed by atoms with Gasteiger partial charge in [0, 0.05) is 18.7 Å². The Labute approximate surface area is 97.8 Å². The maximum Gasteiger partial charge on any atom is 0.326 e. The van der Waals surface area contributed by atoms with E-state index in [0.29, 0.717) is 19.6 Å². The van der Waals surface area contributed by atoms with Gasteiger partial charge in [-0.25, -0.2) is 19.7 Å². The molecule has 1 rings (SSSR count). The first-order chi connectivity index (χ1) is 7.40. The maximum absolute atomic E-state index is 11.4. The Morgan fingerprint density at radius 2 is 2.06 bits per heavy atom. The Balaban J connectivity index is 2.26. The smallest absolute Gasteiger partial charge is 0.326 e. The van der Waals surface area contributed by atoms with Gasteiger partial charge >= 0.3 is 6.03 Å². The van der Waals surface area contributed by atoms with Crippen molar-refractivity contribution in [2.75, 3.05) is 44.4 Å². The predicted octanol–water partition coefficient (Wildman–Crippen LogP) is 0.596. The van der Waals surface area contributed by atoms with Crippen LogP contribution in [0.4, 0.5) is 4.79 Å². The van der Waals surface area contributed by atoms with Crippen LogP contribution in [0.1, 0.15) is 6.42 Å². The second-order valence-corrected chi connectivity index (χ2v) is 9.23. The van der Waals surface area contributed by atoms with Gasteiger partial charge in [-0.05, 0) is 18.8 Å². The number of imide groups is 1. The molecule has 0 bridgehead atoms. The van der Waals surface area contributed by atoms with Crippen molar-refractivity contribution >= 4 is 22.0 Å². The van der Waals surface area contributed by atoms with Crippen LogP contribution < -0.4 is 5.32 Å². The Morgan fingerprint density at radius 1 is 1.38 bits per heavy atom. The Morgan fingerprint density at radius 3 is 2.62 bits per heavy atom. The van der Waals surface area contributed by atoms with Crippen LogP contribution in [0.3, 0.4) is 0 Å². The molecule has 0 radical (unpaired) electrons. The fraction of sp³-hybridized carbons (Fsp3) is 0.800. The highest BCUT2D eigenvalue weighted by atomic mass is 32.3. The lowest BCUT2D eigenvalue weighted by molar-refractivity contribution is -0.133. The van der Waals surface area contributed by atoms with E-state index in [1.54, 1.807) is 0 Å². The third kappa shape index (κ3) is 4.40. The SMILES string of the molecule is CS(C)(C)CCOCN1C(=O)CCNC1=O. The van der Waals surface area contributed by atoms with Crippen molar-refractivity contribution in [2.24, 2.45) is 0 Å². The zero-order valence-electron chi connectivity index (χ0n) is 10.1. The van der Waals surface area contributed by atoms with Crippen LogP contribution in [-0.2, 0) is 9.53 Å². The molecule has 0 aromatic carbocycles. The molecular weight excluding hydrogens is 228 g/mol. The number of hydrogen-bond acceptors (Lipinski definition) is 3. The third-order valence-corrected chi connectivity index (χ3v) is 3.61. The zero-order valence-corrected chi connectivity index (χ0v) is 10.9. The highest BCUT2D eigenvalue weighted by molar-refractivity contribution is 8.32. The summed E-state index contributed by atoms with van der Waals surface area (Å²) in [5, 5.41) is 2.61. The number of nitrogens with zero attached hydrogens (tertiary/aromatic N) is 1. The van der Waals surface area contributed by atoms with Crippen molar-refractivity contribution in [3.05, 3.63) is 0 Å². The Kier molecular flexibility index (Phi) is 4.61. The van der Waals surface area contributed by atoms with Gasteiger partial charge in [-0.3, -0.25) is 4.79 Å². The van der Waals surface area contributed by atoms with Crippen LogP contribution in [0.25, 0.3) is 0 Å². The summed E-state index contributed by atoms with van der Waals surface area (Å²) in [4.78, 5) is 23.8. The number of carbonyl (C=O) groups excluding carboxylic acids is 2. The number of urea groups is 1. The van der Waals surface area contributed by atoms with Crippen LogP contribution in [-0.4, -0.2) is 61.2 Å². The molecule has 1 N–H and O–H groups in total. The third-order valence-electron chi connectivity index (χ3n) is 2.22. The van der Waals surface area contributed by atoms with Gasteiger partial charge in [0.25, 0.3) is 0 Å². The molecule has 0 saturated carbocycles. The largest absolute Gasteiger partial charge is 0.360 e. The van der Waals surface area contributed by atoms with Crippen molar-refractivity contribution in [2.45, 2.75) is 6.42 Å². The molecule has 0 aromatic heterocycles. The molecule has 0 atom stereocenters. The average Bonchev–Trinajstić information content (AvgIpc) is 2.14. The van der Waals surface area contributed by atoms with Crippen molar-refractivity contribution in [3.8, 4) is 0 Å². The van der Waals surface area contributed by atoms with Crippen LogP contribution in [0, 0.1) is 0 Å². The Hall–Kier alpha value is -0.750. The second kappa shape index (κ2) is 5.54. The fourth-order valence-corrected chi connectivity index (χ4v) is 1.83. The van der Waals surface area contributed by atoms with Gasteiger partial charge in [0.15, 0.2) is 0 Å². The summed E-state index contributed by atoms with van der Waals surface area (Å²) >= 11 is 0. The standard InChI is InChI=1S/C10H20N2O3S/c1-16(2,3)7-6-15-8-12-9(13)4-5-11-10(12)14/h4-8H2,1-3H3,(H,11,14). The molecule has 1 aliphatic heterocycles. The van der Waals surface area contributed by atoms with E-state index in [9.17, 15) is 9.59 Å². The first-order valence-electron chi connectivity index (χ1n) is 5.22. The van der Waals surface area contributed by atoms with E-state index in [1.165, 1.54) is 0 Å². The van der Waals surface area contributed by atoms with E-state index in [-0.39, 0.29) is 18.7 Å². The predicted molar refractivity (Wildman–Crippen MR) is 65.9 cm³/mol. The van der Waals surface area contributed by atoms with Crippen LogP contribution in [0.15, 0.2) is 0 Å². The van der Waals surface area contributed by atoms with E-state index in [1.807, 2.05) is 0 Å². The second-order valence-electron chi connectivity index (χ2n) is 4.64. The molecule has 0 aliphatic carbocycles. The van der Waals surface area contributed by atoms with Gasteiger partial charge in [-0.1, -0.05) is 0 Å². The summed E-state index contributed by atoms with van der Waals surface area (Å²) in [6, 6.07) is -0.348. The van der Waals surface area contributed by atoms with E-state index < -0.39 is 10.0 Å². The topological polar surface area (TPSA) is 58.6 Å². The van der Waals surface area contributed by atoms with Crippen molar-refractivity contribution in [1.29, 1.82) is 0 Å². The Bertz CT molecular complexity index is 260. The zero-order chi connectivity index (χ0) is 12.2. The van der Waals surface area contributed by atoms with Gasteiger partial charge in [0.1, 0.15) is 6.73 Å². The number of amides is 3. The summed E-state index contributed by atoms with van der Waals surface area (Å²) in [6.07, 6.45) is 6.97.